The third-order valence-electron chi connectivity index (χ3n) is 4.09. The molecule has 9 heteroatoms. The third-order valence-corrected chi connectivity index (χ3v) is 5.66. The number of hydrogen-bond acceptors (Lipinski definition) is 6. The minimum absolute atomic E-state index is 0.325. The van der Waals surface area contributed by atoms with Crippen LogP contribution in [0, 0.1) is 12.7 Å². The number of nitrogens with one attached hydrogen (secondary N) is 1. The summed E-state index contributed by atoms with van der Waals surface area (Å²) >= 11 is -1.14. The predicted molar refractivity (Wildman–Crippen MR) is 100 cm³/mol. The average molecular weight is 497 g/mol. The van der Waals surface area contributed by atoms with Gasteiger partial charge in [0.2, 0.25) is 0 Å². The van der Waals surface area contributed by atoms with Crippen LogP contribution in [0.5, 0.6) is 5.75 Å². The van der Waals surface area contributed by atoms with E-state index < -0.39 is 25.5 Å². The van der Waals surface area contributed by atoms with Gasteiger partial charge in [-0.3, -0.25) is 0 Å². The van der Waals surface area contributed by atoms with E-state index in [0.717, 1.165) is 5.56 Å². The van der Waals surface area contributed by atoms with Crippen molar-refractivity contribution in [3.63, 3.8) is 0 Å². The quantitative estimate of drug-likeness (QED) is 0.286. The van der Waals surface area contributed by atoms with Crippen LogP contribution in [0.25, 0.3) is 10.9 Å². The molecule has 2 aromatic carbocycles. The van der Waals surface area contributed by atoms with Gasteiger partial charge in [0.15, 0.2) is 0 Å². The number of carbonyl (C=O) groups is 1. The second kappa shape index (κ2) is 8.65. The van der Waals surface area contributed by atoms with Gasteiger partial charge >= 0.3 is 172 Å². The van der Waals surface area contributed by atoms with Crippen LogP contribution in [0.3, 0.4) is 0 Å². The molecule has 0 aliphatic heterocycles. The van der Waals surface area contributed by atoms with Crippen molar-refractivity contribution in [2.75, 3.05) is 19.5 Å². The van der Waals surface area contributed by atoms with Crippen LogP contribution in [-0.2, 0) is 6.54 Å². The van der Waals surface area contributed by atoms with Crippen molar-refractivity contribution in [2.24, 2.45) is 0 Å². The van der Waals surface area contributed by atoms with Gasteiger partial charge in [-0.25, -0.2) is 0 Å². The number of hydrogen-bond donors (Lipinski definition) is 2. The molecule has 0 bridgehead atoms. The maximum absolute atomic E-state index is 14.4. The number of methoxy groups -OCH3 is 1. The number of anilines is 2. The van der Waals surface area contributed by atoms with E-state index in [-0.39, 0.29) is 5.82 Å². The van der Waals surface area contributed by atoms with E-state index in [1.165, 1.54) is 6.33 Å². The number of aryl methyl sites for hydroxylation is 1. The van der Waals surface area contributed by atoms with E-state index in [4.69, 9.17) is 9.84 Å². The summed E-state index contributed by atoms with van der Waals surface area (Å²) in [5.41, 5.74) is 2.30. The third kappa shape index (κ3) is 4.47. The molecule has 0 amide bonds. The van der Waals surface area contributed by atoms with Gasteiger partial charge in [-0.15, -0.1) is 0 Å². The Balaban J connectivity index is 2.03. The first-order valence-corrected chi connectivity index (χ1v) is 10.4. The van der Waals surface area contributed by atoms with Gasteiger partial charge in [0, 0.05) is 0 Å². The minimum atomic E-state index is -1.14. The number of rotatable bonds is 7. The van der Waals surface area contributed by atoms with Crippen molar-refractivity contribution < 1.29 is 40.5 Å². The predicted octanol–water partition coefficient (Wildman–Crippen LogP) is 0.943. The number of fused-ring (bicyclic) bond motifs is 1. The van der Waals surface area contributed by atoms with Gasteiger partial charge in [0.25, 0.3) is 0 Å². The summed E-state index contributed by atoms with van der Waals surface area (Å²) < 4.78 is 20.8. The van der Waals surface area contributed by atoms with Crippen LogP contribution in [-0.4, -0.2) is 36.3 Å². The molecule has 0 unspecified atom stereocenters. The van der Waals surface area contributed by atoms with Crippen molar-refractivity contribution in [3.8, 4) is 5.75 Å². The zero-order valence-electron chi connectivity index (χ0n) is 15.5. The Morgan fingerprint density at radius 3 is 2.86 bits per heavy atom. The van der Waals surface area contributed by atoms with Gasteiger partial charge in [-0.05, 0) is 0 Å². The normalized spacial score (nSPS) is 11.2. The van der Waals surface area contributed by atoms with E-state index in [1.54, 1.807) is 48.5 Å². The number of carboxylic acid groups (broad SMARTS) is 1. The molecular weight excluding hydrogens is 478 g/mol. The molecular formula is C19H19FIN4O3-. The molecule has 0 saturated heterocycles. The molecule has 0 aliphatic rings. The average Bonchev–Trinajstić information content (AvgIpc) is 2.64. The van der Waals surface area contributed by atoms with Gasteiger partial charge < -0.3 is 0 Å². The monoisotopic (exact) mass is 497 g/mol. The second-order valence-corrected chi connectivity index (χ2v) is 9.12. The number of ether oxygens (including phenoxy) is 1. The fraction of sp³-hybridized carbons (Fsp3) is 0.211. The van der Waals surface area contributed by atoms with Crippen molar-refractivity contribution in [2.45, 2.75) is 13.5 Å². The van der Waals surface area contributed by atoms with Gasteiger partial charge in [0.1, 0.15) is 0 Å². The Labute approximate surface area is 172 Å². The van der Waals surface area contributed by atoms with Gasteiger partial charge in [0.05, 0.1) is 0 Å². The molecule has 1 heterocycles. The van der Waals surface area contributed by atoms with Crippen LogP contribution in [0.1, 0.15) is 11.1 Å². The van der Waals surface area contributed by atoms with Crippen LogP contribution < -0.4 is 31.5 Å². The second-order valence-electron chi connectivity index (χ2n) is 6.07. The molecule has 148 valence electrons. The summed E-state index contributed by atoms with van der Waals surface area (Å²) in [5.74, 6) is 0.739. The summed E-state index contributed by atoms with van der Waals surface area (Å²) in [6, 6.07) is 8.74. The van der Waals surface area contributed by atoms with Crippen LogP contribution in [0.2, 0.25) is 0 Å². The molecule has 0 saturated carbocycles. The van der Waals surface area contributed by atoms with E-state index >= 15 is 0 Å². The van der Waals surface area contributed by atoms with Gasteiger partial charge in [-0.2, -0.15) is 0 Å². The van der Waals surface area contributed by atoms with Crippen molar-refractivity contribution >= 4 is 26.4 Å². The van der Waals surface area contributed by atoms with E-state index in [9.17, 15) is 9.18 Å². The Morgan fingerprint density at radius 1 is 1.36 bits per heavy atom. The fourth-order valence-electron chi connectivity index (χ4n) is 2.80. The van der Waals surface area contributed by atoms with E-state index in [1.807, 2.05) is 6.07 Å². The van der Waals surface area contributed by atoms with Crippen molar-refractivity contribution in [1.82, 2.24) is 13.1 Å². The first-order valence-electron chi connectivity index (χ1n) is 8.32. The fourth-order valence-corrected chi connectivity index (χ4v) is 4.04. The Kier molecular flexibility index (Phi) is 6.25. The molecule has 3 aromatic rings. The Hall–Kier alpha value is -2.53. The molecule has 2 N–H and O–H groups in total. The van der Waals surface area contributed by atoms with Crippen LogP contribution >= 0.6 is 0 Å². The van der Waals surface area contributed by atoms with Crippen LogP contribution in [0.15, 0.2) is 36.7 Å². The molecule has 3 rings (SSSR count). The number of halogens is 2. The topological polar surface area (TPSA) is 87.6 Å². The van der Waals surface area contributed by atoms with Gasteiger partial charge in [-0.1, -0.05) is 0 Å². The molecule has 28 heavy (non-hydrogen) atoms. The summed E-state index contributed by atoms with van der Waals surface area (Å²) in [6.07, 6.45) is 1.40. The SMILES string of the molecule is COc1cc2ncnc(Nc3cccc(C)c3F)c2cc1CN(C)[I-]C(=O)O. The van der Waals surface area contributed by atoms with Crippen molar-refractivity contribution in [1.29, 1.82) is 0 Å². The first kappa shape index (κ1) is 20.2. The Morgan fingerprint density at radius 2 is 2.14 bits per heavy atom. The first-order chi connectivity index (χ1) is 13.4. The maximum atomic E-state index is 14.4. The zero-order valence-corrected chi connectivity index (χ0v) is 17.7. The summed E-state index contributed by atoms with van der Waals surface area (Å²) in [6.45, 7) is 2.11. The standard InChI is InChI=1S/C19H19FIN4O3/c1-11-5-4-6-14(17(11)20)24-18-13-7-12(9-25(2)21-19(26)27)16(28-3)8-15(13)22-10-23-18/h4-8,10H,9H2,1-3H3,(H,26,27)(H,22,23,24)/q-1. The Bertz CT molecular complexity index is 1030. The number of aromatic nitrogens is 2. The molecule has 0 fully saturated rings. The molecule has 0 spiro atoms. The number of benzene rings is 2. The summed E-state index contributed by atoms with van der Waals surface area (Å²) in [5, 5.41) is 12.8. The molecule has 0 radical (unpaired) electrons. The molecule has 1 aromatic heterocycles. The molecule has 7 nitrogen and oxygen atoms in total. The summed E-state index contributed by atoms with van der Waals surface area (Å²) in [7, 11) is 3.31. The van der Waals surface area contributed by atoms with E-state index in [0.29, 0.717) is 40.3 Å². The number of nitrogens with zero attached hydrogens (tertiary/aromatic N) is 3. The zero-order chi connectivity index (χ0) is 20.3. The van der Waals surface area contributed by atoms with E-state index in [2.05, 4.69) is 15.3 Å². The molecule has 0 atom stereocenters. The summed E-state index contributed by atoms with van der Waals surface area (Å²) in [4.78, 5) is 19.5. The van der Waals surface area contributed by atoms with Crippen molar-refractivity contribution in [3.05, 3.63) is 53.6 Å². The molecule has 0 aliphatic carbocycles. The van der Waals surface area contributed by atoms with Crippen LogP contribution in [0.4, 0.5) is 20.7 Å².